The zero-order valence-corrected chi connectivity index (χ0v) is 23.8. The Bertz CT molecular complexity index is 1320. The van der Waals surface area contributed by atoms with Crippen LogP contribution in [0.4, 0.5) is 5.69 Å². The fourth-order valence-corrected chi connectivity index (χ4v) is 7.99. The molecule has 202 valence electrons. The van der Waals surface area contributed by atoms with E-state index in [0.717, 1.165) is 41.4 Å². The van der Waals surface area contributed by atoms with Crippen molar-refractivity contribution in [2.45, 2.75) is 55.8 Å². The summed E-state index contributed by atoms with van der Waals surface area (Å²) in [6, 6.07) is 24.4. The third-order valence-electron chi connectivity index (χ3n) is 6.99. The third kappa shape index (κ3) is 6.25. The summed E-state index contributed by atoms with van der Waals surface area (Å²) in [5.74, 6) is -0.566. The molecule has 0 radical (unpaired) electrons. The lowest BCUT2D eigenvalue weighted by Gasteiger charge is -2.42. The molecule has 1 N–H and O–H groups in total. The van der Waals surface area contributed by atoms with Crippen molar-refractivity contribution in [2.24, 2.45) is 0 Å². The number of nitrogens with zero attached hydrogens (tertiary/aromatic N) is 2. The third-order valence-corrected chi connectivity index (χ3v) is 10.2. The highest BCUT2D eigenvalue weighted by molar-refractivity contribution is 8.00. The van der Waals surface area contributed by atoms with Crippen molar-refractivity contribution in [1.82, 2.24) is 4.31 Å². The number of sulfonamides is 1. The van der Waals surface area contributed by atoms with Crippen LogP contribution in [0.2, 0.25) is 0 Å². The minimum atomic E-state index is -3.95. The molecular formula is C30H36N2O4S2. The van der Waals surface area contributed by atoms with E-state index in [0.29, 0.717) is 5.75 Å². The Kier molecular flexibility index (Phi) is 8.85. The average Bonchev–Trinajstić information content (AvgIpc) is 2.91. The summed E-state index contributed by atoms with van der Waals surface area (Å²) in [6.07, 6.45) is 2.27. The second-order valence-corrected chi connectivity index (χ2v) is 13.8. The molecule has 8 heteroatoms. The van der Waals surface area contributed by atoms with E-state index in [1.165, 1.54) is 23.0 Å². The van der Waals surface area contributed by atoms with Crippen LogP contribution in [0.5, 0.6) is 0 Å². The number of unbranched alkanes of at least 4 members (excludes halogenated alkanes) is 1. The molecule has 1 saturated heterocycles. The topological polar surface area (TPSA) is 77.9 Å². The van der Waals surface area contributed by atoms with E-state index in [4.69, 9.17) is 0 Å². The predicted octanol–water partition coefficient (Wildman–Crippen LogP) is 6.13. The van der Waals surface area contributed by atoms with Gasteiger partial charge in [-0.1, -0.05) is 67.9 Å². The van der Waals surface area contributed by atoms with Gasteiger partial charge in [-0.15, -0.1) is 0 Å². The van der Waals surface area contributed by atoms with Crippen LogP contribution in [0.3, 0.4) is 0 Å². The Morgan fingerprint density at radius 2 is 1.61 bits per heavy atom. The fourth-order valence-electron chi connectivity index (χ4n) is 4.90. The SMILES string of the molecule is CCCCN(Cc1ccc(-c2ccc(S(=O)(=O)N3CCSC(C)(C)C3C(=O)O)cc2)cc1)c1ccccc1. The van der Waals surface area contributed by atoms with Gasteiger partial charge in [0, 0.05) is 35.8 Å². The first-order chi connectivity index (χ1) is 18.1. The van der Waals surface area contributed by atoms with Gasteiger partial charge < -0.3 is 10.0 Å². The van der Waals surface area contributed by atoms with Crippen LogP contribution in [0.15, 0.2) is 83.8 Å². The molecule has 0 bridgehead atoms. The number of hydrogen-bond donors (Lipinski definition) is 1. The van der Waals surface area contributed by atoms with E-state index in [1.807, 2.05) is 6.07 Å². The van der Waals surface area contributed by atoms with E-state index in [9.17, 15) is 18.3 Å². The number of aliphatic carboxylic acids is 1. The molecule has 6 nitrogen and oxygen atoms in total. The zero-order chi connectivity index (χ0) is 27.3. The van der Waals surface area contributed by atoms with Crippen LogP contribution in [0, 0.1) is 0 Å². The normalized spacial score (nSPS) is 17.7. The molecule has 1 atom stereocenters. The fraction of sp³-hybridized carbons (Fsp3) is 0.367. The number of carboxylic acid groups (broad SMARTS) is 1. The summed E-state index contributed by atoms with van der Waals surface area (Å²) in [4.78, 5) is 14.5. The standard InChI is InChI=1S/C30H36N2O4S2/c1-4-5-19-31(26-9-7-6-8-10-26)22-23-11-13-24(14-12-23)25-15-17-27(18-16-25)38(35,36)32-20-21-37-30(2,3)28(32)29(33)34/h6-18,28H,4-5,19-22H2,1-3H3,(H,33,34). The summed E-state index contributed by atoms with van der Waals surface area (Å²) in [7, 11) is -3.95. The Hall–Kier alpha value is -2.81. The largest absolute Gasteiger partial charge is 0.480 e. The summed E-state index contributed by atoms with van der Waals surface area (Å²) >= 11 is 1.49. The molecule has 4 rings (SSSR count). The number of carbonyl (C=O) groups is 1. The van der Waals surface area contributed by atoms with Crippen molar-refractivity contribution in [2.75, 3.05) is 23.7 Å². The molecular weight excluding hydrogens is 516 g/mol. The molecule has 0 spiro atoms. The predicted molar refractivity (Wildman–Crippen MR) is 156 cm³/mol. The van der Waals surface area contributed by atoms with Gasteiger partial charge in [0.05, 0.1) is 4.90 Å². The second kappa shape index (κ2) is 11.9. The van der Waals surface area contributed by atoms with Crippen molar-refractivity contribution in [3.8, 4) is 11.1 Å². The van der Waals surface area contributed by atoms with Crippen LogP contribution >= 0.6 is 11.8 Å². The van der Waals surface area contributed by atoms with Crippen molar-refractivity contribution >= 4 is 33.4 Å². The molecule has 0 saturated carbocycles. The smallest absolute Gasteiger partial charge is 0.323 e. The summed E-state index contributed by atoms with van der Waals surface area (Å²) in [6.45, 7) is 7.76. The minimum absolute atomic E-state index is 0.112. The Balaban J connectivity index is 1.51. The van der Waals surface area contributed by atoms with Crippen molar-refractivity contribution in [3.63, 3.8) is 0 Å². The molecule has 38 heavy (non-hydrogen) atoms. The lowest BCUT2D eigenvalue weighted by Crippen LogP contribution is -2.58. The first kappa shape index (κ1) is 28.2. The van der Waals surface area contributed by atoms with Gasteiger partial charge in [-0.05, 0) is 61.2 Å². The van der Waals surface area contributed by atoms with E-state index in [2.05, 4.69) is 60.4 Å². The summed E-state index contributed by atoms with van der Waals surface area (Å²) < 4.78 is 27.3. The molecule has 1 unspecified atom stereocenters. The first-order valence-corrected chi connectivity index (χ1v) is 15.4. The Morgan fingerprint density at radius 1 is 1.00 bits per heavy atom. The molecule has 3 aromatic carbocycles. The molecule has 1 heterocycles. The minimum Gasteiger partial charge on any atom is -0.480 e. The van der Waals surface area contributed by atoms with Gasteiger partial charge in [0.2, 0.25) is 10.0 Å². The maximum Gasteiger partial charge on any atom is 0.323 e. The van der Waals surface area contributed by atoms with Crippen LogP contribution in [-0.2, 0) is 21.4 Å². The highest BCUT2D eigenvalue weighted by atomic mass is 32.2. The van der Waals surface area contributed by atoms with E-state index in [1.54, 1.807) is 38.1 Å². The molecule has 1 aliphatic heterocycles. The van der Waals surface area contributed by atoms with Gasteiger partial charge in [0.15, 0.2) is 0 Å². The van der Waals surface area contributed by atoms with Crippen molar-refractivity contribution in [3.05, 3.63) is 84.4 Å². The number of rotatable bonds is 10. The number of hydrogen-bond acceptors (Lipinski definition) is 5. The number of para-hydroxylation sites is 1. The van der Waals surface area contributed by atoms with Crippen LogP contribution in [0.1, 0.15) is 39.2 Å². The molecule has 0 aliphatic carbocycles. The quantitative estimate of drug-likeness (QED) is 0.326. The van der Waals surface area contributed by atoms with Gasteiger partial charge >= 0.3 is 5.97 Å². The zero-order valence-electron chi connectivity index (χ0n) is 22.2. The van der Waals surface area contributed by atoms with Gasteiger partial charge in [0.25, 0.3) is 0 Å². The van der Waals surface area contributed by atoms with Gasteiger partial charge in [0.1, 0.15) is 6.04 Å². The van der Waals surface area contributed by atoms with E-state index in [-0.39, 0.29) is 11.4 Å². The van der Waals surface area contributed by atoms with Gasteiger partial charge in [-0.25, -0.2) is 8.42 Å². The number of benzene rings is 3. The molecule has 3 aromatic rings. The van der Waals surface area contributed by atoms with Crippen LogP contribution < -0.4 is 4.90 Å². The number of thioether (sulfide) groups is 1. The average molecular weight is 553 g/mol. The monoisotopic (exact) mass is 552 g/mol. The number of anilines is 1. The van der Waals surface area contributed by atoms with E-state index >= 15 is 0 Å². The maximum atomic E-state index is 13.4. The Labute approximate surface area is 230 Å². The van der Waals surface area contributed by atoms with Crippen molar-refractivity contribution < 1.29 is 18.3 Å². The summed E-state index contributed by atoms with van der Waals surface area (Å²) in [5.41, 5.74) is 4.32. The highest BCUT2D eigenvalue weighted by Crippen LogP contribution is 2.38. The van der Waals surface area contributed by atoms with Gasteiger partial charge in [-0.2, -0.15) is 16.1 Å². The molecule has 0 amide bonds. The molecule has 1 fully saturated rings. The highest BCUT2D eigenvalue weighted by Gasteiger charge is 2.48. The van der Waals surface area contributed by atoms with E-state index < -0.39 is 26.8 Å². The first-order valence-electron chi connectivity index (χ1n) is 13.0. The van der Waals surface area contributed by atoms with Crippen LogP contribution in [-0.4, -0.2) is 53.4 Å². The lowest BCUT2D eigenvalue weighted by molar-refractivity contribution is -0.142. The maximum absolute atomic E-state index is 13.4. The molecule has 0 aromatic heterocycles. The second-order valence-electron chi connectivity index (χ2n) is 10.1. The van der Waals surface area contributed by atoms with Gasteiger partial charge in [-0.3, -0.25) is 4.79 Å². The number of carboxylic acids is 1. The summed E-state index contributed by atoms with van der Waals surface area (Å²) in [5, 5.41) is 9.81. The molecule has 1 aliphatic rings. The van der Waals surface area contributed by atoms with Crippen LogP contribution in [0.25, 0.3) is 11.1 Å². The lowest BCUT2D eigenvalue weighted by atomic mass is 10.0. The Morgan fingerprint density at radius 3 is 2.18 bits per heavy atom. The van der Waals surface area contributed by atoms with Crippen molar-refractivity contribution in [1.29, 1.82) is 0 Å².